The van der Waals surface area contributed by atoms with Crippen LogP contribution in [0.4, 0.5) is 5.13 Å². The quantitative estimate of drug-likeness (QED) is 0.426. The average Bonchev–Trinajstić information content (AvgIpc) is 3.31. The lowest BCUT2D eigenvalue weighted by molar-refractivity contribution is 0.102. The molecule has 0 fully saturated rings. The summed E-state index contributed by atoms with van der Waals surface area (Å²) in [6.07, 6.45) is 1.60. The van der Waals surface area contributed by atoms with Crippen LogP contribution in [0.2, 0.25) is 5.02 Å². The minimum Gasteiger partial charge on any atom is -0.296 e. The Morgan fingerprint density at radius 3 is 2.61 bits per heavy atom. The van der Waals surface area contributed by atoms with Gasteiger partial charge >= 0.3 is 0 Å². The first-order chi connectivity index (χ1) is 15.0. The third-order valence-corrected chi connectivity index (χ3v) is 6.43. The summed E-state index contributed by atoms with van der Waals surface area (Å²) in [6, 6.07) is 15.7. The topological polar surface area (TPSA) is 72.7 Å². The summed E-state index contributed by atoms with van der Waals surface area (Å²) in [5.41, 5.74) is 5.09. The lowest BCUT2D eigenvalue weighted by Crippen LogP contribution is -2.14. The average molecular weight is 452 g/mol. The summed E-state index contributed by atoms with van der Waals surface area (Å²) in [6.45, 7) is 5.88. The maximum absolute atomic E-state index is 12.9. The third kappa shape index (κ3) is 4.52. The van der Waals surface area contributed by atoms with Gasteiger partial charge in [-0.3, -0.25) is 10.1 Å². The fourth-order valence-electron chi connectivity index (χ4n) is 3.37. The second-order valence-corrected chi connectivity index (χ2v) is 8.72. The van der Waals surface area contributed by atoms with E-state index < -0.39 is 0 Å². The number of carbonyl (C=O) groups excluding carboxylic acids is 1. The summed E-state index contributed by atoms with van der Waals surface area (Å²) in [5.74, 6) is -0.315. The molecule has 0 aliphatic rings. The molecule has 0 atom stereocenters. The van der Waals surface area contributed by atoms with Crippen molar-refractivity contribution in [3.05, 3.63) is 86.6 Å². The molecule has 2 aromatic carbocycles. The van der Waals surface area contributed by atoms with Crippen molar-refractivity contribution in [2.75, 3.05) is 5.32 Å². The van der Waals surface area contributed by atoms with Crippen LogP contribution in [0.1, 0.15) is 44.8 Å². The van der Waals surface area contributed by atoms with E-state index in [0.29, 0.717) is 15.8 Å². The first kappa shape index (κ1) is 21.2. The van der Waals surface area contributed by atoms with Gasteiger partial charge in [-0.05, 0) is 49.6 Å². The number of aromatic nitrogens is 4. The first-order valence-electron chi connectivity index (χ1n) is 9.99. The smallest absolute Gasteiger partial charge is 0.279 e. The number of anilines is 1. The molecule has 0 unspecified atom stereocenters. The number of carbonyl (C=O) groups is 1. The van der Waals surface area contributed by atoms with Crippen molar-refractivity contribution < 1.29 is 4.79 Å². The fraction of sp³-hybridized carbons (Fsp3) is 0.217. The Morgan fingerprint density at radius 2 is 1.87 bits per heavy atom. The van der Waals surface area contributed by atoms with Crippen molar-refractivity contribution in [2.45, 2.75) is 33.6 Å². The molecule has 2 aromatic heterocycles. The van der Waals surface area contributed by atoms with Gasteiger partial charge in [-0.25, -0.2) is 9.67 Å². The summed E-state index contributed by atoms with van der Waals surface area (Å²) in [7, 11) is 0. The Balaban J connectivity index is 1.53. The Morgan fingerprint density at radius 1 is 1.13 bits per heavy atom. The molecule has 0 aliphatic heterocycles. The van der Waals surface area contributed by atoms with Gasteiger partial charge in [-0.1, -0.05) is 54.1 Å². The van der Waals surface area contributed by atoms with Gasteiger partial charge in [0.15, 0.2) is 10.8 Å². The van der Waals surface area contributed by atoms with Crippen molar-refractivity contribution in [3.63, 3.8) is 0 Å². The molecule has 4 aromatic rings. The van der Waals surface area contributed by atoms with E-state index in [1.54, 1.807) is 4.68 Å². The largest absolute Gasteiger partial charge is 0.296 e. The van der Waals surface area contributed by atoms with E-state index in [0.717, 1.165) is 40.2 Å². The van der Waals surface area contributed by atoms with E-state index >= 15 is 0 Å². The van der Waals surface area contributed by atoms with E-state index in [1.807, 2.05) is 56.3 Å². The summed E-state index contributed by atoms with van der Waals surface area (Å²) >= 11 is 7.43. The maximum atomic E-state index is 12.9. The zero-order chi connectivity index (χ0) is 22.0. The van der Waals surface area contributed by atoms with Crippen LogP contribution in [0, 0.1) is 13.8 Å². The monoisotopic (exact) mass is 451 g/mol. The molecule has 0 radical (unpaired) electrons. The molecule has 4 rings (SSSR count). The second-order valence-electron chi connectivity index (χ2n) is 7.20. The van der Waals surface area contributed by atoms with Crippen molar-refractivity contribution in [3.8, 4) is 5.69 Å². The highest BCUT2D eigenvalue weighted by Gasteiger charge is 2.20. The van der Waals surface area contributed by atoms with Gasteiger partial charge in [0.1, 0.15) is 0 Å². The molecule has 0 aliphatic carbocycles. The summed E-state index contributed by atoms with van der Waals surface area (Å²) in [5, 5.41) is 12.5. The van der Waals surface area contributed by atoms with Crippen molar-refractivity contribution in [2.24, 2.45) is 0 Å². The number of rotatable bonds is 6. The van der Waals surface area contributed by atoms with Gasteiger partial charge in [0, 0.05) is 16.3 Å². The van der Waals surface area contributed by atoms with Gasteiger partial charge in [0.2, 0.25) is 0 Å². The SMILES string of the molecule is CCc1ccccc1-n1nnc(C(=O)Nc2nc(C)c(Cc3ccc(Cl)cc3)s2)c1C. The Labute approximate surface area is 189 Å². The van der Waals surface area contributed by atoms with Crippen LogP contribution in [-0.4, -0.2) is 25.9 Å². The number of aryl methyl sites for hydroxylation is 2. The van der Waals surface area contributed by atoms with E-state index in [4.69, 9.17) is 11.6 Å². The highest BCUT2D eigenvalue weighted by atomic mass is 35.5. The minimum atomic E-state index is -0.315. The van der Waals surface area contributed by atoms with Crippen molar-refractivity contribution >= 4 is 34.0 Å². The van der Waals surface area contributed by atoms with E-state index in [-0.39, 0.29) is 11.6 Å². The zero-order valence-electron chi connectivity index (χ0n) is 17.5. The van der Waals surface area contributed by atoms with Crippen molar-refractivity contribution in [1.82, 2.24) is 20.0 Å². The number of halogens is 1. The van der Waals surface area contributed by atoms with E-state index in [1.165, 1.54) is 11.3 Å². The molecule has 31 heavy (non-hydrogen) atoms. The van der Waals surface area contributed by atoms with Gasteiger partial charge in [0.05, 0.1) is 17.1 Å². The summed E-state index contributed by atoms with van der Waals surface area (Å²) in [4.78, 5) is 18.5. The Hall–Kier alpha value is -3.03. The molecule has 2 heterocycles. The number of nitrogens with zero attached hydrogens (tertiary/aromatic N) is 4. The first-order valence-corrected chi connectivity index (χ1v) is 11.2. The minimum absolute atomic E-state index is 0.290. The van der Waals surface area contributed by atoms with E-state index in [9.17, 15) is 4.79 Å². The molecule has 1 amide bonds. The molecule has 0 saturated carbocycles. The molecular formula is C23H22ClN5OS. The maximum Gasteiger partial charge on any atom is 0.279 e. The zero-order valence-corrected chi connectivity index (χ0v) is 19.1. The van der Waals surface area contributed by atoms with Crippen LogP contribution in [0.5, 0.6) is 0 Å². The predicted molar refractivity (Wildman–Crippen MR) is 125 cm³/mol. The van der Waals surface area contributed by atoms with Gasteiger partial charge in [-0.15, -0.1) is 16.4 Å². The Bertz CT molecular complexity index is 1230. The van der Waals surface area contributed by atoms with E-state index in [2.05, 4.69) is 33.6 Å². The molecule has 6 nitrogen and oxygen atoms in total. The molecule has 158 valence electrons. The lowest BCUT2D eigenvalue weighted by Gasteiger charge is -2.08. The number of hydrogen-bond acceptors (Lipinski definition) is 5. The van der Waals surface area contributed by atoms with Gasteiger partial charge in [-0.2, -0.15) is 0 Å². The highest BCUT2D eigenvalue weighted by Crippen LogP contribution is 2.26. The molecule has 0 bridgehead atoms. The third-order valence-electron chi connectivity index (χ3n) is 5.10. The molecule has 0 saturated heterocycles. The molecule has 8 heteroatoms. The van der Waals surface area contributed by atoms with Crippen molar-refractivity contribution in [1.29, 1.82) is 0 Å². The van der Waals surface area contributed by atoms with Crippen LogP contribution >= 0.6 is 22.9 Å². The normalized spacial score (nSPS) is 11.0. The van der Waals surface area contributed by atoms with Crippen LogP contribution in [-0.2, 0) is 12.8 Å². The van der Waals surface area contributed by atoms with Gasteiger partial charge in [0.25, 0.3) is 5.91 Å². The number of benzene rings is 2. The van der Waals surface area contributed by atoms with Crippen LogP contribution in [0.15, 0.2) is 48.5 Å². The summed E-state index contributed by atoms with van der Waals surface area (Å²) < 4.78 is 1.72. The second kappa shape index (κ2) is 8.99. The Kier molecular flexibility index (Phi) is 6.15. The standard InChI is InChI=1S/C23H22ClN5OS/c1-4-17-7-5-6-8-19(17)29-15(3)21(27-28-29)22(30)26-23-25-14(2)20(31-23)13-16-9-11-18(24)12-10-16/h5-12H,4,13H2,1-3H3,(H,25,26,30). The highest BCUT2D eigenvalue weighted by molar-refractivity contribution is 7.15. The van der Waals surface area contributed by atoms with Gasteiger partial charge < -0.3 is 0 Å². The fourth-order valence-corrected chi connectivity index (χ4v) is 4.49. The number of thiazole rings is 1. The number of amides is 1. The number of para-hydroxylation sites is 1. The molecule has 1 N–H and O–H groups in total. The lowest BCUT2D eigenvalue weighted by atomic mass is 10.1. The number of nitrogens with one attached hydrogen (secondary N) is 1. The number of hydrogen-bond donors (Lipinski definition) is 1. The van der Waals surface area contributed by atoms with Crippen LogP contribution in [0.25, 0.3) is 5.69 Å². The van der Waals surface area contributed by atoms with Crippen LogP contribution < -0.4 is 5.32 Å². The van der Waals surface area contributed by atoms with Crippen LogP contribution in [0.3, 0.4) is 0 Å². The molecule has 0 spiro atoms. The predicted octanol–water partition coefficient (Wildman–Crippen LogP) is 5.40. The molecular weight excluding hydrogens is 430 g/mol.